The van der Waals surface area contributed by atoms with Crippen LogP contribution < -0.4 is 10.2 Å². The second kappa shape index (κ2) is 9.59. The topological polar surface area (TPSA) is 65.5 Å². The molecule has 4 rings (SSSR count). The molecule has 0 bridgehead atoms. The Hall–Kier alpha value is -2.37. The Morgan fingerprint density at radius 2 is 1.80 bits per heavy atom. The highest BCUT2D eigenvalue weighted by Crippen LogP contribution is 2.38. The summed E-state index contributed by atoms with van der Waals surface area (Å²) in [6.45, 7) is 4.51. The molecule has 0 radical (unpaired) electrons. The first kappa shape index (κ1) is 25.7. The predicted octanol–water partition coefficient (Wildman–Crippen LogP) is 5.06. The number of anilines is 1. The van der Waals surface area contributed by atoms with Gasteiger partial charge in [-0.1, -0.05) is 54.2 Å². The van der Waals surface area contributed by atoms with Crippen molar-refractivity contribution in [3.8, 4) is 0 Å². The van der Waals surface area contributed by atoms with E-state index >= 15 is 0 Å². The number of nitrogens with one attached hydrogen (secondary N) is 1. The first-order valence-corrected chi connectivity index (χ1v) is 13.3. The number of halogens is 4. The largest absolute Gasteiger partial charge is 0.417 e. The number of thiocarbonyl (C=S) groups is 1. The Morgan fingerprint density at radius 3 is 2.34 bits per heavy atom. The lowest BCUT2D eigenvalue weighted by molar-refractivity contribution is -0.137. The van der Waals surface area contributed by atoms with Crippen LogP contribution >= 0.6 is 23.8 Å². The maximum Gasteiger partial charge on any atom is 0.417 e. The van der Waals surface area contributed by atoms with Crippen LogP contribution in [0.5, 0.6) is 0 Å². The molecule has 0 unspecified atom stereocenters. The van der Waals surface area contributed by atoms with Gasteiger partial charge in [-0.05, 0) is 38.3 Å². The number of pyridine rings is 1. The number of nitrogens with zero attached hydrogens (tertiary/aromatic N) is 3. The van der Waals surface area contributed by atoms with Crippen molar-refractivity contribution in [3.05, 3.63) is 64.4 Å². The lowest BCUT2D eigenvalue weighted by atomic mass is 10.0. The molecule has 35 heavy (non-hydrogen) atoms. The van der Waals surface area contributed by atoms with Gasteiger partial charge in [0, 0.05) is 31.4 Å². The van der Waals surface area contributed by atoms with Crippen molar-refractivity contribution in [3.63, 3.8) is 0 Å². The van der Waals surface area contributed by atoms with Gasteiger partial charge in [-0.2, -0.15) is 13.2 Å². The summed E-state index contributed by atoms with van der Waals surface area (Å²) in [5.41, 5.74) is 0.0663. The SMILES string of the molecule is CC(C)N1C(=S)C(NC2CCN(c3ncc(C(F)(F)F)cc3Cl)CC2)=C(c2ccccc2)S1(=O)=O. The van der Waals surface area contributed by atoms with Gasteiger partial charge in [0.05, 0.1) is 16.3 Å². The van der Waals surface area contributed by atoms with E-state index in [4.69, 9.17) is 23.8 Å². The van der Waals surface area contributed by atoms with E-state index in [9.17, 15) is 21.6 Å². The van der Waals surface area contributed by atoms with Crippen LogP contribution in [-0.4, -0.2) is 47.9 Å². The molecule has 2 aliphatic heterocycles. The normalized spacial score (nSPS) is 19.1. The van der Waals surface area contributed by atoms with Gasteiger partial charge in [0.25, 0.3) is 10.0 Å². The number of sulfonamides is 1. The van der Waals surface area contributed by atoms with Crippen LogP contribution in [0.1, 0.15) is 37.8 Å². The molecule has 0 saturated carbocycles. The average Bonchev–Trinajstić information content (AvgIpc) is 2.98. The van der Waals surface area contributed by atoms with E-state index in [2.05, 4.69) is 10.3 Å². The van der Waals surface area contributed by atoms with Crippen molar-refractivity contribution in [2.45, 2.75) is 44.9 Å². The molecule has 12 heteroatoms. The van der Waals surface area contributed by atoms with Crippen molar-refractivity contribution in [1.82, 2.24) is 14.6 Å². The lowest BCUT2D eigenvalue weighted by Crippen LogP contribution is -2.44. The number of alkyl halides is 3. The van der Waals surface area contributed by atoms with E-state index in [0.717, 1.165) is 12.3 Å². The summed E-state index contributed by atoms with van der Waals surface area (Å²) < 4.78 is 66.8. The van der Waals surface area contributed by atoms with Crippen molar-refractivity contribution in [1.29, 1.82) is 0 Å². The van der Waals surface area contributed by atoms with Crippen molar-refractivity contribution >= 4 is 49.6 Å². The van der Waals surface area contributed by atoms with Crippen LogP contribution in [0.15, 0.2) is 48.3 Å². The molecule has 0 atom stereocenters. The molecule has 3 heterocycles. The van der Waals surface area contributed by atoms with Gasteiger partial charge < -0.3 is 10.2 Å². The second-order valence-electron chi connectivity index (χ2n) is 8.70. The lowest BCUT2D eigenvalue weighted by Gasteiger charge is -2.34. The molecule has 1 aromatic carbocycles. The van der Waals surface area contributed by atoms with Gasteiger partial charge in [0.15, 0.2) is 0 Å². The van der Waals surface area contributed by atoms with Crippen molar-refractivity contribution in [2.24, 2.45) is 0 Å². The molecular formula is C23H24ClF3N4O2S2. The fraction of sp³-hybridized carbons (Fsp3) is 0.391. The highest BCUT2D eigenvalue weighted by atomic mass is 35.5. The quantitative estimate of drug-likeness (QED) is 0.531. The van der Waals surface area contributed by atoms with E-state index in [-0.39, 0.29) is 27.0 Å². The predicted molar refractivity (Wildman–Crippen MR) is 134 cm³/mol. The molecule has 1 aromatic heterocycles. The Bertz CT molecular complexity index is 1260. The fourth-order valence-electron chi connectivity index (χ4n) is 4.32. The second-order valence-corrected chi connectivity index (χ2v) is 11.2. The van der Waals surface area contributed by atoms with Crippen LogP contribution in [0.2, 0.25) is 5.02 Å². The minimum absolute atomic E-state index is 0.0593. The zero-order chi connectivity index (χ0) is 25.5. The minimum Gasteiger partial charge on any atom is -0.379 e. The van der Waals surface area contributed by atoms with Gasteiger partial charge in [0.1, 0.15) is 15.7 Å². The number of benzene rings is 1. The molecule has 2 aliphatic rings. The van der Waals surface area contributed by atoms with Gasteiger partial charge in [-0.15, -0.1) is 0 Å². The molecule has 1 saturated heterocycles. The smallest absolute Gasteiger partial charge is 0.379 e. The summed E-state index contributed by atoms with van der Waals surface area (Å²) in [4.78, 5) is 6.17. The summed E-state index contributed by atoms with van der Waals surface area (Å²) >= 11 is 11.7. The average molecular weight is 545 g/mol. The molecule has 0 amide bonds. The van der Waals surface area contributed by atoms with Gasteiger partial charge in [-0.3, -0.25) is 4.31 Å². The maximum atomic E-state index is 13.4. The van der Waals surface area contributed by atoms with E-state index in [1.54, 1.807) is 38.1 Å². The third-order valence-corrected chi connectivity index (χ3v) is 8.83. The number of rotatable bonds is 5. The standard InChI is InChI=1S/C23H24ClF3N4O2S2/c1-14(2)31-22(34)19(20(35(31,32)33)15-6-4-3-5-7-15)29-17-8-10-30(11-9-17)21-18(24)12-16(13-28-21)23(25,26)27/h3-7,12-14,17,29H,8-11H2,1-2H3. The Kier molecular flexibility index (Phi) is 7.05. The van der Waals surface area contributed by atoms with Crippen molar-refractivity contribution < 1.29 is 21.6 Å². The number of aromatic nitrogens is 1. The molecule has 0 spiro atoms. The molecule has 1 fully saturated rings. The Morgan fingerprint density at radius 1 is 1.17 bits per heavy atom. The summed E-state index contributed by atoms with van der Waals surface area (Å²) in [5, 5.41) is 3.30. The zero-order valence-electron chi connectivity index (χ0n) is 19.0. The van der Waals surface area contributed by atoms with Gasteiger partial charge in [-0.25, -0.2) is 13.4 Å². The van der Waals surface area contributed by atoms with Gasteiger partial charge in [0.2, 0.25) is 0 Å². The van der Waals surface area contributed by atoms with Gasteiger partial charge >= 0.3 is 6.18 Å². The molecule has 2 aromatic rings. The van der Waals surface area contributed by atoms with Crippen LogP contribution in [0.4, 0.5) is 19.0 Å². The van der Waals surface area contributed by atoms with Crippen molar-refractivity contribution in [2.75, 3.05) is 18.0 Å². The van der Waals surface area contributed by atoms with E-state index in [1.807, 2.05) is 11.0 Å². The van der Waals surface area contributed by atoms with E-state index in [1.165, 1.54) is 4.31 Å². The highest BCUT2D eigenvalue weighted by molar-refractivity contribution is 8.01. The Balaban J connectivity index is 1.55. The number of piperidine rings is 1. The van der Waals surface area contributed by atoms with Crippen LogP contribution in [0.3, 0.4) is 0 Å². The summed E-state index contributed by atoms with van der Waals surface area (Å²) in [5.74, 6) is 0.298. The first-order valence-electron chi connectivity index (χ1n) is 11.0. The maximum absolute atomic E-state index is 13.4. The molecule has 188 valence electrons. The summed E-state index contributed by atoms with van der Waals surface area (Å²) in [7, 11) is -3.83. The number of hydrogen-bond acceptors (Lipinski definition) is 6. The Labute approximate surface area is 212 Å². The molecule has 1 N–H and O–H groups in total. The monoisotopic (exact) mass is 544 g/mol. The summed E-state index contributed by atoms with van der Waals surface area (Å²) in [6.07, 6.45) is -2.55. The third-order valence-electron chi connectivity index (χ3n) is 5.96. The van der Waals surface area contributed by atoms with E-state index in [0.29, 0.717) is 43.0 Å². The molecule has 0 aliphatic carbocycles. The highest BCUT2D eigenvalue weighted by Gasteiger charge is 2.44. The van der Waals surface area contributed by atoms with Crippen LogP contribution in [0, 0.1) is 0 Å². The zero-order valence-corrected chi connectivity index (χ0v) is 21.4. The van der Waals surface area contributed by atoms with Crippen LogP contribution in [-0.2, 0) is 16.2 Å². The molecular weight excluding hydrogens is 521 g/mol. The van der Waals surface area contributed by atoms with E-state index < -0.39 is 21.8 Å². The fourth-order valence-corrected chi connectivity index (χ4v) is 7.25. The third kappa shape index (κ3) is 4.99. The number of hydrogen-bond donors (Lipinski definition) is 1. The first-order chi connectivity index (χ1) is 16.4. The van der Waals surface area contributed by atoms with Crippen LogP contribution in [0.25, 0.3) is 4.91 Å². The minimum atomic E-state index is -4.51. The summed E-state index contributed by atoms with van der Waals surface area (Å²) in [6, 6.07) is 9.28. The molecule has 6 nitrogen and oxygen atoms in total.